The molecule has 1 unspecified atom stereocenters. The van der Waals surface area contributed by atoms with Crippen LogP contribution in [0.15, 0.2) is 48.8 Å². The number of anilines is 1. The van der Waals surface area contributed by atoms with Gasteiger partial charge in [0.25, 0.3) is 0 Å². The van der Waals surface area contributed by atoms with Gasteiger partial charge in [-0.3, -0.25) is 9.78 Å². The summed E-state index contributed by atoms with van der Waals surface area (Å²) in [4.78, 5) is 21.7. The van der Waals surface area contributed by atoms with Crippen LogP contribution in [0.2, 0.25) is 0 Å². The second-order valence-corrected chi connectivity index (χ2v) is 8.79. The second-order valence-electron chi connectivity index (χ2n) is 8.79. The normalized spacial score (nSPS) is 23.5. The van der Waals surface area contributed by atoms with Crippen molar-refractivity contribution in [1.82, 2.24) is 9.88 Å². The highest BCUT2D eigenvalue weighted by Gasteiger charge is 2.54. The first-order chi connectivity index (χ1) is 13.4. The Morgan fingerprint density at radius 2 is 2.00 bits per heavy atom. The van der Waals surface area contributed by atoms with Gasteiger partial charge in [0.1, 0.15) is 5.82 Å². The fraction of sp³-hybridized carbons (Fsp3) is 0.478. The number of rotatable bonds is 4. The summed E-state index contributed by atoms with van der Waals surface area (Å²) in [7, 11) is 0. The zero-order valence-corrected chi connectivity index (χ0v) is 16.7. The van der Waals surface area contributed by atoms with Gasteiger partial charge in [0.15, 0.2) is 0 Å². The fourth-order valence-corrected chi connectivity index (χ4v) is 5.13. The van der Waals surface area contributed by atoms with Crippen LogP contribution in [-0.4, -0.2) is 40.0 Å². The van der Waals surface area contributed by atoms with Crippen molar-refractivity contribution in [2.24, 2.45) is 0 Å². The molecule has 2 aliphatic rings. The molecule has 28 heavy (non-hydrogen) atoms. The molecule has 1 spiro atoms. The number of likely N-dealkylation sites (tertiary alicyclic amines) is 1. The standard InChI is InChI=1S/C23H28FN3O/c1-22(2)16-23(17-27(22)20-9-7-19(24)8-10-20)12-4-14-26(23)21(28)11-6-18-5-3-13-25-15-18/h3,5,7-10,13,15H,4,6,11-12,14,16-17H2,1-2H3. The molecule has 0 aliphatic carbocycles. The van der Waals surface area contributed by atoms with Crippen LogP contribution in [-0.2, 0) is 11.2 Å². The van der Waals surface area contributed by atoms with Gasteiger partial charge in [-0.25, -0.2) is 4.39 Å². The van der Waals surface area contributed by atoms with E-state index in [0.29, 0.717) is 6.42 Å². The lowest BCUT2D eigenvalue weighted by Crippen LogP contribution is -2.49. The summed E-state index contributed by atoms with van der Waals surface area (Å²) in [5.74, 6) is 0.0154. The molecule has 1 amide bonds. The minimum absolute atomic E-state index is 0.0793. The second kappa shape index (κ2) is 7.19. The van der Waals surface area contributed by atoms with Crippen LogP contribution < -0.4 is 4.90 Å². The van der Waals surface area contributed by atoms with E-state index in [-0.39, 0.29) is 22.8 Å². The minimum Gasteiger partial charge on any atom is -0.364 e. The molecule has 148 valence electrons. The van der Waals surface area contributed by atoms with E-state index in [9.17, 15) is 9.18 Å². The van der Waals surface area contributed by atoms with E-state index in [1.165, 1.54) is 12.1 Å². The molecule has 0 radical (unpaired) electrons. The van der Waals surface area contributed by atoms with Crippen LogP contribution in [0.25, 0.3) is 0 Å². The predicted octanol–water partition coefficient (Wildman–Crippen LogP) is 4.20. The van der Waals surface area contributed by atoms with Gasteiger partial charge in [0, 0.05) is 43.1 Å². The Kier molecular flexibility index (Phi) is 4.86. The monoisotopic (exact) mass is 381 g/mol. The molecule has 0 bridgehead atoms. The molecule has 2 aliphatic heterocycles. The van der Waals surface area contributed by atoms with E-state index in [0.717, 1.165) is 50.0 Å². The quantitative estimate of drug-likeness (QED) is 0.796. The maximum Gasteiger partial charge on any atom is 0.223 e. The molecule has 4 rings (SSSR count). The first-order valence-electron chi connectivity index (χ1n) is 10.1. The molecule has 5 heteroatoms. The average molecular weight is 381 g/mol. The summed E-state index contributed by atoms with van der Waals surface area (Å²) in [6, 6.07) is 10.7. The van der Waals surface area contributed by atoms with Crippen molar-refractivity contribution < 1.29 is 9.18 Å². The first-order valence-corrected chi connectivity index (χ1v) is 10.1. The van der Waals surface area contributed by atoms with Gasteiger partial charge in [0.2, 0.25) is 5.91 Å². The summed E-state index contributed by atoms with van der Waals surface area (Å²) in [5, 5.41) is 0. The lowest BCUT2D eigenvalue weighted by Gasteiger charge is -2.35. The molecular formula is C23H28FN3O. The Balaban J connectivity index is 1.51. The maximum absolute atomic E-state index is 13.4. The Morgan fingerprint density at radius 1 is 1.21 bits per heavy atom. The molecule has 1 aromatic heterocycles. The molecule has 0 N–H and O–H groups in total. The highest BCUT2D eigenvalue weighted by molar-refractivity contribution is 5.78. The summed E-state index contributed by atoms with van der Waals surface area (Å²) in [6.07, 6.45) is 7.86. The van der Waals surface area contributed by atoms with Gasteiger partial charge in [-0.15, -0.1) is 0 Å². The van der Waals surface area contributed by atoms with Crippen LogP contribution in [0.5, 0.6) is 0 Å². The van der Waals surface area contributed by atoms with Crippen molar-refractivity contribution in [3.63, 3.8) is 0 Å². The largest absolute Gasteiger partial charge is 0.364 e. The van der Waals surface area contributed by atoms with E-state index < -0.39 is 0 Å². The van der Waals surface area contributed by atoms with Crippen LogP contribution in [0.4, 0.5) is 10.1 Å². The van der Waals surface area contributed by atoms with E-state index in [1.807, 2.05) is 30.5 Å². The Bertz CT molecular complexity index is 837. The summed E-state index contributed by atoms with van der Waals surface area (Å²) in [6.45, 7) is 6.09. The number of amides is 1. The number of halogens is 1. The average Bonchev–Trinajstić information content (AvgIpc) is 3.20. The summed E-state index contributed by atoms with van der Waals surface area (Å²) < 4.78 is 13.4. The van der Waals surface area contributed by atoms with Gasteiger partial charge in [-0.2, -0.15) is 0 Å². The number of benzene rings is 1. The first kappa shape index (κ1) is 18.9. The topological polar surface area (TPSA) is 36.4 Å². The SMILES string of the molecule is CC1(C)CC2(CCCN2C(=O)CCc2cccnc2)CN1c1ccc(F)cc1. The number of carbonyl (C=O) groups excluding carboxylic acids is 1. The lowest BCUT2D eigenvalue weighted by molar-refractivity contribution is -0.134. The summed E-state index contributed by atoms with van der Waals surface area (Å²) in [5.41, 5.74) is 1.93. The number of carbonyl (C=O) groups is 1. The van der Waals surface area contributed by atoms with Crippen LogP contribution >= 0.6 is 0 Å². The number of aryl methyl sites for hydroxylation is 1. The van der Waals surface area contributed by atoms with Gasteiger partial charge in [-0.05, 0) is 75.4 Å². The van der Waals surface area contributed by atoms with E-state index in [2.05, 4.69) is 28.6 Å². The van der Waals surface area contributed by atoms with Gasteiger partial charge in [-0.1, -0.05) is 6.07 Å². The molecule has 2 saturated heterocycles. The number of hydrogen-bond donors (Lipinski definition) is 0. The molecular weight excluding hydrogens is 353 g/mol. The third-order valence-electron chi connectivity index (χ3n) is 6.33. The number of hydrogen-bond acceptors (Lipinski definition) is 3. The van der Waals surface area contributed by atoms with E-state index in [1.54, 1.807) is 6.20 Å². The molecule has 4 nitrogen and oxygen atoms in total. The van der Waals surface area contributed by atoms with Crippen molar-refractivity contribution in [2.75, 3.05) is 18.0 Å². The molecule has 1 aromatic carbocycles. The Hall–Kier alpha value is -2.43. The molecule has 3 heterocycles. The van der Waals surface area contributed by atoms with Crippen LogP contribution in [0, 0.1) is 5.82 Å². The van der Waals surface area contributed by atoms with E-state index >= 15 is 0 Å². The summed E-state index contributed by atoms with van der Waals surface area (Å²) >= 11 is 0. The van der Waals surface area contributed by atoms with Gasteiger partial charge < -0.3 is 9.80 Å². The number of nitrogens with zero attached hydrogens (tertiary/aromatic N) is 3. The highest BCUT2D eigenvalue weighted by Crippen LogP contribution is 2.47. The van der Waals surface area contributed by atoms with Crippen molar-refractivity contribution >= 4 is 11.6 Å². The predicted molar refractivity (Wildman–Crippen MR) is 109 cm³/mol. The fourth-order valence-electron chi connectivity index (χ4n) is 5.13. The number of aromatic nitrogens is 1. The zero-order valence-electron chi connectivity index (χ0n) is 16.7. The Morgan fingerprint density at radius 3 is 2.71 bits per heavy atom. The molecule has 2 aromatic rings. The van der Waals surface area contributed by atoms with Crippen molar-refractivity contribution in [1.29, 1.82) is 0 Å². The number of pyridine rings is 1. The zero-order chi connectivity index (χ0) is 19.8. The van der Waals surface area contributed by atoms with Crippen molar-refractivity contribution in [2.45, 2.75) is 57.0 Å². The minimum atomic E-state index is -0.219. The highest BCUT2D eigenvalue weighted by atomic mass is 19.1. The van der Waals surface area contributed by atoms with Crippen molar-refractivity contribution in [3.05, 3.63) is 60.2 Å². The molecule has 2 fully saturated rings. The van der Waals surface area contributed by atoms with Crippen LogP contribution in [0.3, 0.4) is 0 Å². The van der Waals surface area contributed by atoms with Gasteiger partial charge in [0.05, 0.1) is 5.54 Å². The van der Waals surface area contributed by atoms with Crippen LogP contribution in [0.1, 0.15) is 45.1 Å². The lowest BCUT2D eigenvalue weighted by atomic mass is 9.87. The smallest absolute Gasteiger partial charge is 0.223 e. The van der Waals surface area contributed by atoms with Crippen molar-refractivity contribution in [3.8, 4) is 0 Å². The molecule has 0 saturated carbocycles. The van der Waals surface area contributed by atoms with E-state index in [4.69, 9.17) is 0 Å². The third kappa shape index (κ3) is 3.50. The third-order valence-corrected chi connectivity index (χ3v) is 6.33. The maximum atomic E-state index is 13.4. The molecule has 1 atom stereocenters. The van der Waals surface area contributed by atoms with Gasteiger partial charge >= 0.3 is 0 Å². The Labute approximate surface area is 166 Å².